The van der Waals surface area contributed by atoms with Crippen molar-refractivity contribution in [2.24, 2.45) is 4.99 Å². The van der Waals surface area contributed by atoms with E-state index in [0.717, 1.165) is 18.5 Å². The topological polar surface area (TPSA) is 32.7 Å². The molecule has 0 bridgehead atoms. The van der Waals surface area contributed by atoms with E-state index in [1.54, 1.807) is 0 Å². The lowest BCUT2D eigenvalue weighted by Crippen LogP contribution is -2.27. The monoisotopic (exact) mass is 174 g/mol. The Hall–Kier alpha value is -1.64. The van der Waals surface area contributed by atoms with Crippen molar-refractivity contribution in [3.8, 4) is 0 Å². The minimum absolute atomic E-state index is 0.534. The molecule has 1 aliphatic heterocycles. The summed E-state index contributed by atoms with van der Waals surface area (Å²) in [6.07, 6.45) is 0.806. The summed E-state index contributed by atoms with van der Waals surface area (Å²) in [7, 11) is 0. The zero-order valence-corrected chi connectivity index (χ0v) is 7.18. The molecule has 0 fully saturated rings. The Kier molecular flexibility index (Phi) is 2.08. The summed E-state index contributed by atoms with van der Waals surface area (Å²) in [5, 5.41) is 0. The fourth-order valence-corrected chi connectivity index (χ4v) is 1.43. The van der Waals surface area contributed by atoms with Gasteiger partial charge in [-0.3, -0.25) is 9.79 Å². The van der Waals surface area contributed by atoms with Gasteiger partial charge in [-0.15, -0.1) is 0 Å². The zero-order chi connectivity index (χ0) is 9.10. The van der Waals surface area contributed by atoms with Crippen LogP contribution in [0.15, 0.2) is 35.3 Å². The van der Waals surface area contributed by atoms with Gasteiger partial charge >= 0.3 is 0 Å². The number of hydrogen-bond donors (Lipinski definition) is 0. The van der Waals surface area contributed by atoms with Gasteiger partial charge in [0.1, 0.15) is 0 Å². The number of amidine groups is 1. The molecule has 3 nitrogen and oxygen atoms in total. The van der Waals surface area contributed by atoms with E-state index in [9.17, 15) is 4.79 Å². The number of hydrogen-bond acceptors (Lipinski definition) is 3. The summed E-state index contributed by atoms with van der Waals surface area (Å²) < 4.78 is 0. The largest absolute Gasteiger partial charge is 0.322 e. The first-order valence-electron chi connectivity index (χ1n) is 4.24. The van der Waals surface area contributed by atoms with Gasteiger partial charge in [0, 0.05) is 12.2 Å². The third kappa shape index (κ3) is 1.45. The number of aliphatic imine (C=N–C) groups is 1. The maximum absolute atomic E-state index is 10.6. The zero-order valence-electron chi connectivity index (χ0n) is 7.18. The Morgan fingerprint density at radius 2 is 2.08 bits per heavy atom. The average Bonchev–Trinajstić information content (AvgIpc) is 2.67. The van der Waals surface area contributed by atoms with Crippen LogP contribution in [0.2, 0.25) is 0 Å². The molecular weight excluding hydrogens is 164 g/mol. The molecule has 0 aromatic heterocycles. The average molecular weight is 174 g/mol. The minimum atomic E-state index is 0.534. The van der Waals surface area contributed by atoms with Crippen molar-refractivity contribution in [2.75, 3.05) is 18.0 Å². The Balaban J connectivity index is 2.28. The van der Waals surface area contributed by atoms with Crippen molar-refractivity contribution in [1.29, 1.82) is 0 Å². The first kappa shape index (κ1) is 7.98. The van der Waals surface area contributed by atoms with Gasteiger partial charge in [0.25, 0.3) is 0 Å². The van der Waals surface area contributed by atoms with Gasteiger partial charge < -0.3 is 4.90 Å². The van der Waals surface area contributed by atoms with Crippen LogP contribution in [-0.4, -0.2) is 25.2 Å². The molecule has 1 aliphatic rings. The number of benzene rings is 1. The van der Waals surface area contributed by atoms with Crippen molar-refractivity contribution < 1.29 is 4.79 Å². The highest BCUT2D eigenvalue weighted by Crippen LogP contribution is 2.15. The molecule has 0 atom stereocenters. The highest BCUT2D eigenvalue weighted by atomic mass is 16.1. The van der Waals surface area contributed by atoms with Gasteiger partial charge in [-0.05, 0) is 12.1 Å². The lowest BCUT2D eigenvalue weighted by Gasteiger charge is -2.16. The van der Waals surface area contributed by atoms with Crippen LogP contribution in [0.1, 0.15) is 0 Å². The molecule has 1 aromatic rings. The van der Waals surface area contributed by atoms with Crippen molar-refractivity contribution in [3.05, 3.63) is 30.3 Å². The lowest BCUT2D eigenvalue weighted by molar-refractivity contribution is -0.102. The lowest BCUT2D eigenvalue weighted by atomic mass is 10.3. The van der Waals surface area contributed by atoms with Crippen molar-refractivity contribution in [3.63, 3.8) is 0 Å². The van der Waals surface area contributed by atoms with Crippen LogP contribution < -0.4 is 4.90 Å². The first-order valence-corrected chi connectivity index (χ1v) is 4.24. The smallest absolute Gasteiger partial charge is 0.185 e. The van der Waals surface area contributed by atoms with E-state index in [-0.39, 0.29) is 0 Å². The van der Waals surface area contributed by atoms with Crippen LogP contribution in [0.25, 0.3) is 0 Å². The van der Waals surface area contributed by atoms with Gasteiger partial charge in [-0.1, -0.05) is 18.2 Å². The van der Waals surface area contributed by atoms with E-state index < -0.39 is 0 Å². The standard InChI is InChI=1S/C10H10N2O/c13-8-10-11-6-7-12(10)9-4-2-1-3-5-9/h1-5,8H,6-7H2. The molecule has 66 valence electrons. The predicted molar refractivity (Wildman–Crippen MR) is 52.2 cm³/mol. The maximum atomic E-state index is 10.6. The fourth-order valence-electron chi connectivity index (χ4n) is 1.43. The molecule has 0 aliphatic carbocycles. The number of carbonyl (C=O) groups is 1. The molecule has 13 heavy (non-hydrogen) atoms. The Morgan fingerprint density at radius 3 is 2.77 bits per heavy atom. The van der Waals surface area contributed by atoms with Crippen molar-refractivity contribution >= 4 is 17.8 Å². The maximum Gasteiger partial charge on any atom is 0.185 e. The van der Waals surface area contributed by atoms with Gasteiger partial charge in [0.15, 0.2) is 12.1 Å². The van der Waals surface area contributed by atoms with Gasteiger partial charge in [-0.2, -0.15) is 0 Å². The van der Waals surface area contributed by atoms with Crippen LogP contribution >= 0.6 is 0 Å². The SMILES string of the molecule is O=CC1=NCCN1c1ccccc1. The van der Waals surface area contributed by atoms with Crippen LogP contribution in [0.4, 0.5) is 5.69 Å². The van der Waals surface area contributed by atoms with E-state index >= 15 is 0 Å². The van der Waals surface area contributed by atoms with Gasteiger partial charge in [0.2, 0.25) is 0 Å². The van der Waals surface area contributed by atoms with Gasteiger partial charge in [-0.25, -0.2) is 0 Å². The molecule has 0 unspecified atom stereocenters. The summed E-state index contributed by atoms with van der Waals surface area (Å²) in [6, 6.07) is 9.82. The number of carbonyl (C=O) groups excluding carboxylic acids is 1. The Bertz CT molecular complexity index is 332. The van der Waals surface area contributed by atoms with Crippen LogP contribution in [-0.2, 0) is 4.79 Å². The van der Waals surface area contributed by atoms with E-state index in [1.165, 1.54) is 0 Å². The third-order valence-electron chi connectivity index (χ3n) is 2.05. The first-order chi connectivity index (χ1) is 6.42. The van der Waals surface area contributed by atoms with E-state index in [2.05, 4.69) is 4.99 Å². The summed E-state index contributed by atoms with van der Waals surface area (Å²) in [5.41, 5.74) is 1.03. The molecule has 0 saturated heterocycles. The molecule has 0 amide bonds. The second kappa shape index (κ2) is 3.39. The quantitative estimate of drug-likeness (QED) is 0.629. The van der Waals surface area contributed by atoms with Crippen molar-refractivity contribution in [2.45, 2.75) is 0 Å². The fraction of sp³-hybridized carbons (Fsp3) is 0.200. The van der Waals surface area contributed by atoms with Crippen LogP contribution in [0, 0.1) is 0 Å². The molecule has 1 heterocycles. The number of anilines is 1. The molecular formula is C10H10N2O. The molecule has 0 spiro atoms. The van der Waals surface area contributed by atoms with E-state index in [0.29, 0.717) is 12.4 Å². The summed E-state index contributed by atoms with van der Waals surface area (Å²) in [5.74, 6) is 0.534. The summed E-state index contributed by atoms with van der Waals surface area (Å²) >= 11 is 0. The summed E-state index contributed by atoms with van der Waals surface area (Å²) in [4.78, 5) is 16.6. The van der Waals surface area contributed by atoms with Crippen LogP contribution in [0.5, 0.6) is 0 Å². The molecule has 3 heteroatoms. The molecule has 0 N–H and O–H groups in total. The molecule has 0 radical (unpaired) electrons. The summed E-state index contributed by atoms with van der Waals surface area (Å²) in [6.45, 7) is 1.51. The number of aldehydes is 1. The van der Waals surface area contributed by atoms with E-state index in [1.807, 2.05) is 35.2 Å². The number of para-hydroxylation sites is 1. The third-order valence-corrected chi connectivity index (χ3v) is 2.05. The number of rotatable bonds is 2. The minimum Gasteiger partial charge on any atom is -0.322 e. The molecule has 1 aromatic carbocycles. The predicted octanol–water partition coefficient (Wildman–Crippen LogP) is 1.10. The Labute approximate surface area is 76.7 Å². The normalized spacial score (nSPS) is 15.7. The molecule has 0 saturated carbocycles. The second-order valence-corrected chi connectivity index (χ2v) is 2.84. The van der Waals surface area contributed by atoms with E-state index in [4.69, 9.17) is 0 Å². The number of nitrogens with zero attached hydrogens (tertiary/aromatic N) is 2. The van der Waals surface area contributed by atoms with Crippen LogP contribution in [0.3, 0.4) is 0 Å². The Morgan fingerprint density at radius 1 is 1.31 bits per heavy atom. The highest BCUT2D eigenvalue weighted by molar-refractivity contribution is 6.34. The molecule has 2 rings (SSSR count). The van der Waals surface area contributed by atoms with Crippen molar-refractivity contribution in [1.82, 2.24) is 0 Å². The second-order valence-electron chi connectivity index (χ2n) is 2.84. The van der Waals surface area contributed by atoms with Gasteiger partial charge in [0.05, 0.1) is 6.54 Å². The highest BCUT2D eigenvalue weighted by Gasteiger charge is 2.16.